The van der Waals surface area contributed by atoms with E-state index in [4.69, 9.17) is 4.42 Å². The molecule has 0 aliphatic heterocycles. The van der Waals surface area contributed by atoms with Crippen molar-refractivity contribution in [3.8, 4) is 0 Å². The summed E-state index contributed by atoms with van der Waals surface area (Å²) in [6.45, 7) is 8.27. The minimum absolute atomic E-state index is 0.604. The van der Waals surface area contributed by atoms with Gasteiger partial charge in [0.15, 0.2) is 0 Å². The molecule has 1 aromatic carbocycles. The van der Waals surface area contributed by atoms with E-state index >= 15 is 0 Å². The van der Waals surface area contributed by atoms with Gasteiger partial charge in [-0.05, 0) is 61.6 Å². The first-order chi connectivity index (χ1) is 8.02. The maximum absolute atomic E-state index is 10.4. The molecule has 0 saturated heterocycles. The van der Waals surface area contributed by atoms with Crippen LogP contribution in [-0.4, -0.2) is 5.11 Å². The lowest BCUT2D eigenvalue weighted by Crippen LogP contribution is -2.06. The molecule has 90 valence electrons. The average Bonchev–Trinajstić information content (AvgIpc) is 2.80. The van der Waals surface area contributed by atoms with Crippen LogP contribution in [0.5, 0.6) is 0 Å². The van der Waals surface area contributed by atoms with Gasteiger partial charge in [0.25, 0.3) is 0 Å². The van der Waals surface area contributed by atoms with Crippen LogP contribution < -0.4 is 0 Å². The van der Waals surface area contributed by atoms with Gasteiger partial charge < -0.3 is 9.52 Å². The van der Waals surface area contributed by atoms with E-state index < -0.39 is 6.10 Å². The van der Waals surface area contributed by atoms with Gasteiger partial charge in [-0.3, -0.25) is 0 Å². The van der Waals surface area contributed by atoms with E-state index in [1.165, 1.54) is 11.1 Å². The lowest BCUT2D eigenvalue weighted by Gasteiger charge is -2.19. The molecular weight excluding hydrogens is 212 g/mol. The van der Waals surface area contributed by atoms with Crippen LogP contribution in [0.2, 0.25) is 0 Å². The molecule has 2 heteroatoms. The molecule has 1 aromatic heterocycles. The zero-order chi connectivity index (χ0) is 12.6. The Morgan fingerprint density at radius 2 is 1.65 bits per heavy atom. The standard InChI is InChI=1S/C15H18O2/c1-9-7-10(2)12(4)14(11(9)3)15(16)13-5-6-17-8-13/h5-8,15-16H,1-4H3. The first-order valence-electron chi connectivity index (χ1n) is 5.79. The van der Waals surface area contributed by atoms with Gasteiger partial charge in [-0.2, -0.15) is 0 Å². The van der Waals surface area contributed by atoms with Crippen molar-refractivity contribution in [1.29, 1.82) is 0 Å². The fourth-order valence-corrected chi connectivity index (χ4v) is 2.25. The molecule has 1 heterocycles. The van der Waals surface area contributed by atoms with E-state index in [0.717, 1.165) is 22.3 Å². The highest BCUT2D eigenvalue weighted by Gasteiger charge is 2.18. The highest BCUT2D eigenvalue weighted by atomic mass is 16.3. The molecule has 2 aromatic rings. The molecule has 1 unspecified atom stereocenters. The molecule has 2 nitrogen and oxygen atoms in total. The van der Waals surface area contributed by atoms with Gasteiger partial charge in [0.05, 0.1) is 12.5 Å². The van der Waals surface area contributed by atoms with Gasteiger partial charge in [0, 0.05) is 5.56 Å². The van der Waals surface area contributed by atoms with Gasteiger partial charge in [-0.25, -0.2) is 0 Å². The van der Waals surface area contributed by atoms with Gasteiger partial charge in [0.1, 0.15) is 6.10 Å². The van der Waals surface area contributed by atoms with E-state index in [-0.39, 0.29) is 0 Å². The molecule has 0 aliphatic carbocycles. The molecule has 0 aliphatic rings. The van der Waals surface area contributed by atoms with Crippen LogP contribution in [0.25, 0.3) is 0 Å². The molecule has 0 radical (unpaired) electrons. The minimum atomic E-state index is -0.604. The van der Waals surface area contributed by atoms with Crippen LogP contribution >= 0.6 is 0 Å². The third-order valence-electron chi connectivity index (χ3n) is 3.56. The fourth-order valence-electron chi connectivity index (χ4n) is 2.25. The highest BCUT2D eigenvalue weighted by Crippen LogP contribution is 2.31. The Labute approximate surface area is 102 Å². The summed E-state index contributed by atoms with van der Waals surface area (Å²) in [6.07, 6.45) is 2.58. The predicted octanol–water partition coefficient (Wildman–Crippen LogP) is 3.59. The topological polar surface area (TPSA) is 33.4 Å². The lowest BCUT2D eigenvalue weighted by molar-refractivity contribution is 0.217. The van der Waals surface area contributed by atoms with Crippen LogP contribution in [-0.2, 0) is 0 Å². The number of hydrogen-bond donors (Lipinski definition) is 1. The van der Waals surface area contributed by atoms with Gasteiger partial charge >= 0.3 is 0 Å². The summed E-state index contributed by atoms with van der Waals surface area (Å²) in [5.41, 5.74) is 6.55. The summed E-state index contributed by atoms with van der Waals surface area (Å²) < 4.78 is 5.04. The highest BCUT2D eigenvalue weighted by molar-refractivity contribution is 5.47. The van der Waals surface area contributed by atoms with Crippen molar-refractivity contribution in [2.45, 2.75) is 33.8 Å². The Balaban J connectivity index is 2.59. The molecule has 0 saturated carbocycles. The Morgan fingerprint density at radius 3 is 2.12 bits per heavy atom. The summed E-state index contributed by atoms with van der Waals surface area (Å²) in [5, 5.41) is 10.4. The number of benzene rings is 1. The fraction of sp³-hybridized carbons (Fsp3) is 0.333. The van der Waals surface area contributed by atoms with Crippen molar-refractivity contribution in [2.24, 2.45) is 0 Å². The van der Waals surface area contributed by atoms with Crippen molar-refractivity contribution in [3.05, 3.63) is 58.0 Å². The Bertz CT molecular complexity index is 498. The molecule has 0 spiro atoms. The van der Waals surface area contributed by atoms with Crippen molar-refractivity contribution in [1.82, 2.24) is 0 Å². The van der Waals surface area contributed by atoms with Gasteiger partial charge in [-0.15, -0.1) is 0 Å². The maximum Gasteiger partial charge on any atom is 0.108 e. The van der Waals surface area contributed by atoms with E-state index in [0.29, 0.717) is 0 Å². The minimum Gasteiger partial charge on any atom is -0.472 e. The zero-order valence-corrected chi connectivity index (χ0v) is 10.7. The third kappa shape index (κ3) is 2.01. The van der Waals surface area contributed by atoms with Crippen molar-refractivity contribution >= 4 is 0 Å². The molecule has 0 fully saturated rings. The molecule has 17 heavy (non-hydrogen) atoms. The molecule has 0 amide bonds. The normalized spacial score (nSPS) is 12.8. The quantitative estimate of drug-likeness (QED) is 0.855. The van der Waals surface area contributed by atoms with Crippen LogP contribution in [0.1, 0.15) is 39.5 Å². The molecule has 1 atom stereocenters. The van der Waals surface area contributed by atoms with E-state index in [2.05, 4.69) is 33.8 Å². The summed E-state index contributed by atoms with van der Waals surface area (Å²) >= 11 is 0. The second-order valence-corrected chi connectivity index (χ2v) is 4.63. The van der Waals surface area contributed by atoms with Crippen molar-refractivity contribution in [3.63, 3.8) is 0 Å². The van der Waals surface area contributed by atoms with E-state index in [1.54, 1.807) is 18.6 Å². The number of aliphatic hydroxyl groups excluding tert-OH is 1. The second-order valence-electron chi connectivity index (χ2n) is 4.63. The van der Waals surface area contributed by atoms with Crippen molar-refractivity contribution in [2.75, 3.05) is 0 Å². The van der Waals surface area contributed by atoms with Crippen LogP contribution in [0.15, 0.2) is 29.1 Å². The third-order valence-corrected chi connectivity index (χ3v) is 3.56. The van der Waals surface area contributed by atoms with Crippen LogP contribution in [0.4, 0.5) is 0 Å². The smallest absolute Gasteiger partial charge is 0.108 e. The largest absolute Gasteiger partial charge is 0.472 e. The lowest BCUT2D eigenvalue weighted by atomic mass is 9.89. The van der Waals surface area contributed by atoms with Crippen LogP contribution in [0.3, 0.4) is 0 Å². The first kappa shape index (κ1) is 11.9. The van der Waals surface area contributed by atoms with E-state index in [9.17, 15) is 5.11 Å². The van der Waals surface area contributed by atoms with Crippen LogP contribution in [0, 0.1) is 27.7 Å². The summed E-state index contributed by atoms with van der Waals surface area (Å²) in [6, 6.07) is 3.97. The predicted molar refractivity (Wildman–Crippen MR) is 68.2 cm³/mol. The van der Waals surface area contributed by atoms with E-state index in [1.807, 2.05) is 0 Å². The SMILES string of the molecule is Cc1cc(C)c(C)c(C(O)c2ccoc2)c1C. The maximum atomic E-state index is 10.4. The molecule has 2 rings (SSSR count). The van der Waals surface area contributed by atoms with Gasteiger partial charge in [-0.1, -0.05) is 6.07 Å². The number of aryl methyl sites for hydroxylation is 2. The average molecular weight is 230 g/mol. The number of aliphatic hydroxyl groups is 1. The van der Waals surface area contributed by atoms with Gasteiger partial charge in [0.2, 0.25) is 0 Å². The Morgan fingerprint density at radius 1 is 1.06 bits per heavy atom. The zero-order valence-electron chi connectivity index (χ0n) is 10.7. The number of furan rings is 1. The first-order valence-corrected chi connectivity index (χ1v) is 5.79. The van der Waals surface area contributed by atoms with Crippen molar-refractivity contribution < 1.29 is 9.52 Å². The summed E-state index contributed by atoms with van der Waals surface area (Å²) in [4.78, 5) is 0. The second kappa shape index (κ2) is 4.38. The Kier molecular flexibility index (Phi) is 3.07. The monoisotopic (exact) mass is 230 g/mol. The molecule has 0 bridgehead atoms. The Hall–Kier alpha value is -1.54. The molecule has 1 N–H and O–H groups in total. The number of hydrogen-bond acceptors (Lipinski definition) is 2. The molecular formula is C15H18O2. The number of rotatable bonds is 2. The summed E-state index contributed by atoms with van der Waals surface area (Å²) in [5.74, 6) is 0. The summed E-state index contributed by atoms with van der Waals surface area (Å²) in [7, 11) is 0.